The van der Waals surface area contributed by atoms with Crippen LogP contribution in [0.25, 0.3) is 0 Å². The summed E-state index contributed by atoms with van der Waals surface area (Å²) in [5.74, 6) is -0.790. The van der Waals surface area contributed by atoms with Crippen molar-refractivity contribution in [2.75, 3.05) is 19.7 Å². The summed E-state index contributed by atoms with van der Waals surface area (Å²) in [7, 11) is 0. The number of alkyl halides is 3. The van der Waals surface area contributed by atoms with Gasteiger partial charge in [0.25, 0.3) is 5.91 Å². The molecule has 174 valence electrons. The molecule has 1 aromatic heterocycles. The fourth-order valence-electron chi connectivity index (χ4n) is 2.98. The van der Waals surface area contributed by atoms with Crippen LogP contribution >= 0.6 is 11.6 Å². The number of benzene rings is 1. The summed E-state index contributed by atoms with van der Waals surface area (Å²) >= 11 is 6.29. The molecule has 1 unspecified atom stereocenters. The van der Waals surface area contributed by atoms with Gasteiger partial charge >= 0.3 is 6.18 Å². The topological polar surface area (TPSA) is 71.5 Å². The first kappa shape index (κ1) is 25.5. The number of halogens is 4. The maximum Gasteiger partial charge on any atom is 0.422 e. The lowest BCUT2D eigenvalue weighted by Gasteiger charge is -2.32. The van der Waals surface area contributed by atoms with E-state index in [1.54, 1.807) is 44.0 Å². The summed E-state index contributed by atoms with van der Waals surface area (Å²) in [4.78, 5) is 30.5. The second-order valence-electron chi connectivity index (χ2n) is 7.45. The SMILES string of the molecule is CC(C)C(=O)N(CCNC(=O)c1cccnc1)C(C)c1ccc(OCC(F)(F)F)cc1Cl. The third kappa shape index (κ3) is 7.40. The molecule has 0 radical (unpaired) electrons. The lowest BCUT2D eigenvalue weighted by Crippen LogP contribution is -2.42. The molecule has 0 aliphatic heterocycles. The van der Waals surface area contributed by atoms with Crippen LogP contribution in [0.1, 0.15) is 42.7 Å². The molecule has 0 saturated heterocycles. The summed E-state index contributed by atoms with van der Waals surface area (Å²) < 4.78 is 41.8. The quantitative estimate of drug-likeness (QED) is 0.577. The van der Waals surface area contributed by atoms with Gasteiger partial charge in [-0.25, -0.2) is 0 Å². The Hall–Kier alpha value is -2.81. The van der Waals surface area contributed by atoms with Crippen LogP contribution in [-0.2, 0) is 4.79 Å². The smallest absolute Gasteiger partial charge is 0.422 e. The third-order valence-corrected chi connectivity index (χ3v) is 4.96. The van der Waals surface area contributed by atoms with Crippen LogP contribution in [0, 0.1) is 5.92 Å². The largest absolute Gasteiger partial charge is 0.484 e. The standard InChI is InChI=1S/C22H25ClF3N3O3/c1-14(2)21(31)29(10-9-28-20(30)16-5-4-8-27-12-16)15(3)18-7-6-17(11-19(18)23)32-13-22(24,25)26/h4-8,11-12,14-15H,9-10,13H2,1-3H3,(H,28,30). The maximum absolute atomic E-state index is 12.8. The van der Waals surface area contributed by atoms with Gasteiger partial charge in [-0.3, -0.25) is 14.6 Å². The molecule has 0 aliphatic carbocycles. The number of pyridine rings is 1. The van der Waals surface area contributed by atoms with Crippen molar-refractivity contribution in [1.29, 1.82) is 0 Å². The van der Waals surface area contributed by atoms with E-state index in [1.165, 1.54) is 24.4 Å². The molecule has 0 aliphatic rings. The Balaban J connectivity index is 2.10. The van der Waals surface area contributed by atoms with Gasteiger partial charge in [0.2, 0.25) is 5.91 Å². The molecule has 2 amide bonds. The molecular formula is C22H25ClF3N3O3. The van der Waals surface area contributed by atoms with E-state index in [9.17, 15) is 22.8 Å². The van der Waals surface area contributed by atoms with Gasteiger partial charge in [0.15, 0.2) is 6.61 Å². The highest BCUT2D eigenvalue weighted by atomic mass is 35.5. The number of carbonyl (C=O) groups excluding carboxylic acids is 2. The molecule has 6 nitrogen and oxygen atoms in total. The lowest BCUT2D eigenvalue weighted by molar-refractivity contribution is -0.153. The Morgan fingerprint density at radius 1 is 1.22 bits per heavy atom. The zero-order valence-electron chi connectivity index (χ0n) is 17.9. The molecule has 1 aromatic carbocycles. The van der Waals surface area contributed by atoms with Gasteiger partial charge in [0, 0.05) is 36.4 Å². The van der Waals surface area contributed by atoms with Crippen LogP contribution in [-0.4, -0.2) is 47.6 Å². The minimum atomic E-state index is -4.46. The number of rotatable bonds is 9. The van der Waals surface area contributed by atoms with Gasteiger partial charge in [0.1, 0.15) is 5.75 Å². The number of aromatic nitrogens is 1. The third-order valence-electron chi connectivity index (χ3n) is 4.63. The van der Waals surface area contributed by atoms with Crippen LogP contribution in [0.3, 0.4) is 0 Å². The molecule has 0 saturated carbocycles. The van der Waals surface area contributed by atoms with E-state index in [0.29, 0.717) is 11.1 Å². The Labute approximate surface area is 189 Å². The van der Waals surface area contributed by atoms with Crippen LogP contribution < -0.4 is 10.1 Å². The zero-order chi connectivity index (χ0) is 23.9. The van der Waals surface area contributed by atoms with E-state index in [-0.39, 0.29) is 41.6 Å². The molecule has 1 N–H and O–H groups in total. The normalized spacial score (nSPS) is 12.4. The van der Waals surface area contributed by atoms with E-state index >= 15 is 0 Å². The number of ether oxygens (including phenoxy) is 1. The number of hydrogen-bond acceptors (Lipinski definition) is 4. The second kappa shape index (κ2) is 11.2. The predicted molar refractivity (Wildman–Crippen MR) is 115 cm³/mol. The Morgan fingerprint density at radius 2 is 1.94 bits per heavy atom. The van der Waals surface area contributed by atoms with E-state index in [0.717, 1.165) is 0 Å². The number of carbonyl (C=O) groups is 2. The van der Waals surface area contributed by atoms with Crippen LogP contribution in [0.15, 0.2) is 42.7 Å². The van der Waals surface area contributed by atoms with E-state index in [1.807, 2.05) is 0 Å². The molecule has 0 bridgehead atoms. The molecule has 1 heterocycles. The van der Waals surface area contributed by atoms with Crippen molar-refractivity contribution in [1.82, 2.24) is 15.2 Å². The summed E-state index contributed by atoms with van der Waals surface area (Å²) in [6.07, 6.45) is -1.46. The second-order valence-corrected chi connectivity index (χ2v) is 7.85. The van der Waals surface area contributed by atoms with Crippen molar-refractivity contribution >= 4 is 23.4 Å². The van der Waals surface area contributed by atoms with Crippen LogP contribution in [0.5, 0.6) is 5.75 Å². The fraction of sp³-hybridized carbons (Fsp3) is 0.409. The maximum atomic E-state index is 12.8. The average molecular weight is 472 g/mol. The summed E-state index contributed by atoms with van der Waals surface area (Å²) in [6.45, 7) is 4.26. The van der Waals surface area contributed by atoms with Gasteiger partial charge in [-0.1, -0.05) is 31.5 Å². The van der Waals surface area contributed by atoms with Gasteiger partial charge < -0.3 is 15.0 Å². The van der Waals surface area contributed by atoms with E-state index in [4.69, 9.17) is 16.3 Å². The van der Waals surface area contributed by atoms with E-state index < -0.39 is 18.8 Å². The molecule has 1 atom stereocenters. The van der Waals surface area contributed by atoms with Gasteiger partial charge in [0.05, 0.1) is 11.6 Å². The van der Waals surface area contributed by atoms with Crippen molar-refractivity contribution in [3.63, 3.8) is 0 Å². The summed E-state index contributed by atoms with van der Waals surface area (Å²) in [6, 6.07) is 7.00. The highest BCUT2D eigenvalue weighted by Crippen LogP contribution is 2.32. The van der Waals surface area contributed by atoms with Crippen LogP contribution in [0.2, 0.25) is 5.02 Å². The van der Waals surface area contributed by atoms with Crippen LogP contribution in [0.4, 0.5) is 13.2 Å². The van der Waals surface area contributed by atoms with Crippen molar-refractivity contribution in [2.45, 2.75) is 33.0 Å². The number of hydrogen-bond donors (Lipinski definition) is 1. The average Bonchev–Trinajstić information content (AvgIpc) is 2.74. The minimum Gasteiger partial charge on any atom is -0.484 e. The summed E-state index contributed by atoms with van der Waals surface area (Å²) in [5.41, 5.74) is 0.957. The Bertz CT molecular complexity index is 924. The first-order valence-electron chi connectivity index (χ1n) is 9.97. The van der Waals surface area contributed by atoms with E-state index in [2.05, 4.69) is 10.3 Å². The minimum absolute atomic E-state index is 0.0197. The van der Waals surface area contributed by atoms with Crippen molar-refractivity contribution < 1.29 is 27.5 Å². The molecule has 10 heteroatoms. The number of amides is 2. The molecule has 0 fully saturated rings. The van der Waals surface area contributed by atoms with Crippen molar-refractivity contribution in [3.05, 3.63) is 58.9 Å². The summed E-state index contributed by atoms with van der Waals surface area (Å²) in [5, 5.41) is 2.93. The monoisotopic (exact) mass is 471 g/mol. The van der Waals surface area contributed by atoms with Gasteiger partial charge in [-0.15, -0.1) is 0 Å². The zero-order valence-corrected chi connectivity index (χ0v) is 18.7. The number of nitrogens with zero attached hydrogens (tertiary/aromatic N) is 2. The first-order valence-corrected chi connectivity index (χ1v) is 10.3. The van der Waals surface area contributed by atoms with Gasteiger partial charge in [-0.2, -0.15) is 13.2 Å². The molecule has 2 aromatic rings. The Kier molecular flexibility index (Phi) is 8.89. The molecule has 32 heavy (non-hydrogen) atoms. The molecule has 0 spiro atoms. The predicted octanol–water partition coefficient (Wildman–Crippen LogP) is 4.65. The molecule has 2 rings (SSSR count). The Morgan fingerprint density at radius 3 is 2.50 bits per heavy atom. The van der Waals surface area contributed by atoms with Crippen molar-refractivity contribution in [2.24, 2.45) is 5.92 Å². The van der Waals surface area contributed by atoms with Gasteiger partial charge in [-0.05, 0) is 36.8 Å². The first-order chi connectivity index (χ1) is 15.0. The number of nitrogens with one attached hydrogen (secondary N) is 1. The molecular weight excluding hydrogens is 447 g/mol. The highest BCUT2D eigenvalue weighted by Gasteiger charge is 2.29. The highest BCUT2D eigenvalue weighted by molar-refractivity contribution is 6.31. The lowest BCUT2D eigenvalue weighted by atomic mass is 10.0. The van der Waals surface area contributed by atoms with Crippen molar-refractivity contribution in [3.8, 4) is 5.75 Å². The fourth-order valence-corrected chi connectivity index (χ4v) is 3.31.